The maximum atomic E-state index is 14.1. The first-order chi connectivity index (χ1) is 19.8. The van der Waals surface area contributed by atoms with Crippen molar-refractivity contribution in [2.75, 3.05) is 20.6 Å². The van der Waals surface area contributed by atoms with Crippen LogP contribution in [0.2, 0.25) is 0 Å². The molecule has 4 rings (SSSR count). The summed E-state index contributed by atoms with van der Waals surface area (Å²) in [5.74, 6) is -5.02. The molecule has 42 heavy (non-hydrogen) atoms. The van der Waals surface area contributed by atoms with Crippen LogP contribution in [0.3, 0.4) is 0 Å². The zero-order valence-electron chi connectivity index (χ0n) is 22.5. The van der Waals surface area contributed by atoms with Crippen molar-refractivity contribution in [3.05, 3.63) is 111 Å². The lowest BCUT2D eigenvalue weighted by molar-refractivity contribution is -0.139. The lowest BCUT2D eigenvalue weighted by atomic mass is 9.97. The summed E-state index contributed by atoms with van der Waals surface area (Å²) in [7, 11) is 3.43. The van der Waals surface area contributed by atoms with E-state index in [1.54, 1.807) is 55.4 Å². The highest BCUT2D eigenvalue weighted by molar-refractivity contribution is 5.97. The highest BCUT2D eigenvalue weighted by Crippen LogP contribution is 2.32. The standard InChI is InChI=1S/C30H26F5N3O4/c1-37(2)13-12-18-16-38(26(39)15-21(18)30(33,34)35)25-11-4-7-19-17(6-3-8-20(19)25)14-24(29(41)42)36-28(40)27-22(31)9-5-10-23(27)32/h3-11,15-16,24H,12-14H2,1-2H3,(H,36,40)(H,41,42)/t24-/m0/s1. The van der Waals surface area contributed by atoms with E-state index >= 15 is 0 Å². The average molecular weight is 588 g/mol. The quantitative estimate of drug-likeness (QED) is 0.274. The second kappa shape index (κ2) is 12.1. The maximum absolute atomic E-state index is 14.1. The number of aromatic nitrogens is 1. The summed E-state index contributed by atoms with van der Waals surface area (Å²) < 4.78 is 70.5. The molecule has 1 atom stereocenters. The Balaban J connectivity index is 1.75. The second-order valence-corrected chi connectivity index (χ2v) is 9.93. The van der Waals surface area contributed by atoms with Crippen molar-refractivity contribution >= 4 is 22.6 Å². The summed E-state index contributed by atoms with van der Waals surface area (Å²) in [5, 5.41) is 12.8. The zero-order valence-corrected chi connectivity index (χ0v) is 22.5. The van der Waals surface area contributed by atoms with E-state index < -0.39 is 52.4 Å². The van der Waals surface area contributed by atoms with Crippen LogP contribution in [0.5, 0.6) is 0 Å². The van der Waals surface area contributed by atoms with Gasteiger partial charge in [0.05, 0.1) is 11.3 Å². The van der Waals surface area contributed by atoms with Gasteiger partial charge in [0.15, 0.2) is 0 Å². The van der Waals surface area contributed by atoms with E-state index in [1.807, 2.05) is 0 Å². The first-order valence-corrected chi connectivity index (χ1v) is 12.7. The van der Waals surface area contributed by atoms with E-state index in [9.17, 15) is 41.4 Å². The molecule has 7 nitrogen and oxygen atoms in total. The molecule has 4 aromatic rings. The number of nitrogens with one attached hydrogen (secondary N) is 1. The number of rotatable bonds is 9. The van der Waals surface area contributed by atoms with Crippen molar-refractivity contribution in [1.82, 2.24) is 14.8 Å². The van der Waals surface area contributed by atoms with Gasteiger partial charge in [0.25, 0.3) is 11.5 Å². The van der Waals surface area contributed by atoms with E-state index in [1.165, 1.54) is 6.20 Å². The molecule has 3 aromatic carbocycles. The number of pyridine rings is 1. The number of fused-ring (bicyclic) bond motifs is 1. The van der Waals surface area contributed by atoms with Crippen molar-refractivity contribution in [1.29, 1.82) is 0 Å². The number of carbonyl (C=O) groups is 2. The highest BCUT2D eigenvalue weighted by atomic mass is 19.4. The molecular formula is C30H26F5N3O4. The van der Waals surface area contributed by atoms with Gasteiger partial charge in [0, 0.05) is 30.6 Å². The molecule has 1 amide bonds. The van der Waals surface area contributed by atoms with Crippen LogP contribution in [-0.4, -0.2) is 53.1 Å². The van der Waals surface area contributed by atoms with Crippen LogP contribution in [0, 0.1) is 11.6 Å². The minimum Gasteiger partial charge on any atom is -0.480 e. The Kier molecular flexibility index (Phi) is 8.76. The molecule has 0 saturated heterocycles. The van der Waals surface area contributed by atoms with Gasteiger partial charge in [0.2, 0.25) is 0 Å². The molecule has 0 aliphatic rings. The number of halogens is 5. The fourth-order valence-corrected chi connectivity index (χ4v) is 4.68. The first-order valence-electron chi connectivity index (χ1n) is 12.7. The zero-order chi connectivity index (χ0) is 30.8. The molecule has 0 fully saturated rings. The lowest BCUT2D eigenvalue weighted by Crippen LogP contribution is -2.43. The summed E-state index contributed by atoms with van der Waals surface area (Å²) >= 11 is 0. The molecule has 0 bridgehead atoms. The van der Waals surface area contributed by atoms with Gasteiger partial charge >= 0.3 is 12.1 Å². The third-order valence-corrected chi connectivity index (χ3v) is 6.74. The number of hydrogen-bond donors (Lipinski definition) is 2. The van der Waals surface area contributed by atoms with Gasteiger partial charge in [-0.1, -0.05) is 36.4 Å². The monoisotopic (exact) mass is 587 g/mol. The molecule has 2 N–H and O–H groups in total. The van der Waals surface area contributed by atoms with Gasteiger partial charge in [-0.05, 0) is 55.2 Å². The SMILES string of the molecule is CN(C)CCc1cn(-c2cccc3c(C[C@H](NC(=O)c4c(F)cccc4F)C(=O)O)cccc23)c(=O)cc1C(F)(F)F. The summed E-state index contributed by atoms with van der Waals surface area (Å²) in [6.07, 6.45) is -3.83. The van der Waals surface area contributed by atoms with Crippen molar-refractivity contribution in [2.45, 2.75) is 25.1 Å². The molecular weight excluding hydrogens is 561 g/mol. The Labute approximate surface area is 236 Å². The van der Waals surface area contributed by atoms with Crippen LogP contribution in [0.15, 0.2) is 71.7 Å². The molecule has 0 aliphatic carbocycles. The molecule has 0 aliphatic heterocycles. The number of carbonyl (C=O) groups excluding carboxylic acids is 1. The third kappa shape index (κ3) is 6.49. The molecule has 0 unspecified atom stereocenters. The van der Waals surface area contributed by atoms with Gasteiger partial charge in [-0.2, -0.15) is 13.2 Å². The Morgan fingerprint density at radius 3 is 2.19 bits per heavy atom. The van der Waals surface area contributed by atoms with Gasteiger partial charge in [-0.3, -0.25) is 14.2 Å². The smallest absolute Gasteiger partial charge is 0.416 e. The molecule has 12 heteroatoms. The van der Waals surface area contributed by atoms with Crippen molar-refractivity contribution < 1.29 is 36.6 Å². The predicted octanol–water partition coefficient (Wildman–Crippen LogP) is 4.82. The molecule has 0 saturated carbocycles. The van der Waals surface area contributed by atoms with Crippen LogP contribution in [0.25, 0.3) is 16.5 Å². The Hall–Kier alpha value is -4.58. The summed E-state index contributed by atoms with van der Waals surface area (Å²) in [6, 6.07) is 11.3. The normalized spacial score (nSPS) is 12.5. The minimum atomic E-state index is -4.73. The van der Waals surface area contributed by atoms with Crippen LogP contribution < -0.4 is 10.9 Å². The second-order valence-electron chi connectivity index (χ2n) is 9.93. The van der Waals surface area contributed by atoms with Gasteiger partial charge in [-0.15, -0.1) is 0 Å². The number of carboxylic acids is 1. The maximum Gasteiger partial charge on any atom is 0.416 e. The summed E-state index contributed by atoms with van der Waals surface area (Å²) in [4.78, 5) is 39.3. The number of likely N-dealkylation sites (N-methyl/N-ethyl adjacent to an activating group) is 1. The lowest BCUT2D eigenvalue weighted by Gasteiger charge is -2.19. The average Bonchev–Trinajstić information content (AvgIpc) is 2.91. The molecule has 0 radical (unpaired) electrons. The number of nitrogens with zero attached hydrogens (tertiary/aromatic N) is 2. The van der Waals surface area contributed by atoms with E-state index in [4.69, 9.17) is 0 Å². The van der Waals surface area contributed by atoms with Crippen LogP contribution in [-0.2, 0) is 23.8 Å². The summed E-state index contributed by atoms with van der Waals surface area (Å²) in [6.45, 7) is 0.306. The van der Waals surface area contributed by atoms with Gasteiger partial charge < -0.3 is 15.3 Å². The minimum absolute atomic E-state index is 0.0285. The number of aliphatic carboxylic acids is 1. The molecule has 1 heterocycles. The third-order valence-electron chi connectivity index (χ3n) is 6.74. The Morgan fingerprint density at radius 1 is 0.952 bits per heavy atom. The molecule has 1 aromatic heterocycles. The fraction of sp³-hybridized carbons (Fsp3) is 0.233. The van der Waals surface area contributed by atoms with Gasteiger partial charge in [0.1, 0.15) is 23.2 Å². The number of hydrogen-bond acceptors (Lipinski definition) is 4. The Bertz CT molecular complexity index is 1700. The van der Waals surface area contributed by atoms with Gasteiger partial charge in [-0.25, -0.2) is 13.6 Å². The fourth-order valence-electron chi connectivity index (χ4n) is 4.68. The van der Waals surface area contributed by atoms with E-state index in [0.29, 0.717) is 28.9 Å². The van der Waals surface area contributed by atoms with Crippen molar-refractivity contribution in [3.63, 3.8) is 0 Å². The van der Waals surface area contributed by atoms with E-state index in [0.717, 1.165) is 22.8 Å². The summed E-state index contributed by atoms with van der Waals surface area (Å²) in [5.41, 5.74) is -2.24. The predicted molar refractivity (Wildman–Crippen MR) is 146 cm³/mol. The Morgan fingerprint density at radius 2 is 1.57 bits per heavy atom. The van der Waals surface area contributed by atoms with E-state index in [-0.39, 0.29) is 24.1 Å². The number of carboxylic acid groups (broad SMARTS) is 1. The van der Waals surface area contributed by atoms with Crippen LogP contribution in [0.4, 0.5) is 22.0 Å². The van der Waals surface area contributed by atoms with Crippen molar-refractivity contribution in [2.24, 2.45) is 0 Å². The highest BCUT2D eigenvalue weighted by Gasteiger charge is 2.34. The first kappa shape index (κ1) is 30.4. The topological polar surface area (TPSA) is 91.6 Å². The number of alkyl halides is 3. The molecule has 0 spiro atoms. The van der Waals surface area contributed by atoms with Crippen molar-refractivity contribution in [3.8, 4) is 5.69 Å². The largest absolute Gasteiger partial charge is 0.480 e. The number of benzene rings is 3. The number of amides is 1. The molecule has 220 valence electrons. The van der Waals surface area contributed by atoms with E-state index in [2.05, 4.69) is 5.32 Å². The van der Waals surface area contributed by atoms with Crippen LogP contribution >= 0.6 is 0 Å². The van der Waals surface area contributed by atoms with Crippen LogP contribution in [0.1, 0.15) is 27.0 Å².